The van der Waals surface area contributed by atoms with Crippen molar-refractivity contribution >= 4 is 22.3 Å². The number of hydrogen-bond donors (Lipinski definition) is 1. The van der Waals surface area contributed by atoms with E-state index in [0.717, 1.165) is 5.56 Å². The average Bonchev–Trinajstić information content (AvgIpc) is 3.20. The van der Waals surface area contributed by atoms with Crippen LogP contribution in [0.2, 0.25) is 0 Å². The molecule has 0 bridgehead atoms. The fourth-order valence-electron chi connectivity index (χ4n) is 3.12. The van der Waals surface area contributed by atoms with Crippen molar-refractivity contribution in [3.05, 3.63) is 88.4 Å². The molecule has 0 fully saturated rings. The van der Waals surface area contributed by atoms with E-state index in [2.05, 4.69) is 15.3 Å². The van der Waals surface area contributed by atoms with Gasteiger partial charge in [-0.2, -0.15) is 0 Å². The first kappa shape index (κ1) is 17.6. The Hall–Kier alpha value is -3.81. The number of pyridine rings is 1. The minimum Gasteiger partial charge on any atom is -0.380 e. The molecule has 0 aliphatic rings. The standard InChI is InChI=1S/C20H16FN5O2/c1-13-9-17(15-3-2-4-19(26(27)28)20(15)24-13)23-11-14-5-6-18(16(21)10-14)25-8-7-22-12-25/h2-10,12H,11H2,1H3,(H,23,24). The van der Waals surface area contributed by atoms with Crippen LogP contribution in [-0.4, -0.2) is 19.5 Å². The number of aromatic nitrogens is 3. The highest BCUT2D eigenvalue weighted by atomic mass is 19.1. The molecule has 0 aliphatic heterocycles. The van der Waals surface area contributed by atoms with Crippen LogP contribution < -0.4 is 5.32 Å². The zero-order valence-electron chi connectivity index (χ0n) is 15.0. The lowest BCUT2D eigenvalue weighted by atomic mass is 10.1. The number of anilines is 1. The van der Waals surface area contributed by atoms with Gasteiger partial charge in [0.2, 0.25) is 0 Å². The molecule has 0 saturated heterocycles. The van der Waals surface area contributed by atoms with E-state index >= 15 is 0 Å². The smallest absolute Gasteiger partial charge is 0.295 e. The molecule has 2 aromatic heterocycles. The second kappa shape index (κ2) is 7.07. The summed E-state index contributed by atoms with van der Waals surface area (Å²) >= 11 is 0. The number of rotatable bonds is 5. The van der Waals surface area contributed by atoms with E-state index < -0.39 is 4.92 Å². The van der Waals surface area contributed by atoms with Crippen LogP contribution in [0.5, 0.6) is 0 Å². The number of aryl methyl sites for hydroxylation is 1. The molecule has 0 radical (unpaired) electrons. The summed E-state index contributed by atoms with van der Waals surface area (Å²) in [5.74, 6) is -0.358. The van der Waals surface area contributed by atoms with Gasteiger partial charge < -0.3 is 9.88 Å². The molecule has 0 aliphatic carbocycles. The van der Waals surface area contributed by atoms with Gasteiger partial charge in [0.25, 0.3) is 5.69 Å². The topological polar surface area (TPSA) is 85.9 Å². The Kier molecular flexibility index (Phi) is 4.44. The average molecular weight is 377 g/mol. The van der Waals surface area contributed by atoms with E-state index in [1.165, 1.54) is 18.5 Å². The Morgan fingerprint density at radius 1 is 1.25 bits per heavy atom. The summed E-state index contributed by atoms with van der Waals surface area (Å²) in [6.07, 6.45) is 4.80. The van der Waals surface area contributed by atoms with Gasteiger partial charge in [0.05, 0.1) is 16.9 Å². The fourth-order valence-corrected chi connectivity index (χ4v) is 3.12. The van der Waals surface area contributed by atoms with Gasteiger partial charge in [-0.05, 0) is 30.7 Å². The highest BCUT2D eigenvalue weighted by molar-refractivity contribution is 5.96. The third-order valence-corrected chi connectivity index (χ3v) is 4.42. The van der Waals surface area contributed by atoms with Crippen LogP contribution in [0.4, 0.5) is 15.8 Å². The number of nitrogens with zero attached hydrogens (tertiary/aromatic N) is 4. The number of non-ortho nitro benzene ring substituents is 1. The molecule has 0 atom stereocenters. The van der Waals surface area contributed by atoms with Gasteiger partial charge in [-0.3, -0.25) is 10.1 Å². The number of nitro benzene ring substituents is 1. The predicted octanol–water partition coefficient (Wildman–Crippen LogP) is 4.39. The summed E-state index contributed by atoms with van der Waals surface area (Å²) in [5, 5.41) is 15.2. The largest absolute Gasteiger partial charge is 0.380 e. The van der Waals surface area contributed by atoms with Crippen LogP contribution in [0.25, 0.3) is 16.6 Å². The zero-order chi connectivity index (χ0) is 19.7. The minimum atomic E-state index is -0.442. The molecule has 28 heavy (non-hydrogen) atoms. The molecule has 8 heteroatoms. The van der Waals surface area contributed by atoms with Crippen molar-refractivity contribution in [1.82, 2.24) is 14.5 Å². The number of nitrogens with one attached hydrogen (secondary N) is 1. The Bertz CT molecular complexity index is 1170. The Morgan fingerprint density at radius 3 is 2.82 bits per heavy atom. The number of hydrogen-bond acceptors (Lipinski definition) is 5. The summed E-state index contributed by atoms with van der Waals surface area (Å²) in [7, 11) is 0. The van der Waals surface area contributed by atoms with E-state index in [-0.39, 0.29) is 11.5 Å². The van der Waals surface area contributed by atoms with Gasteiger partial charge in [0, 0.05) is 41.8 Å². The van der Waals surface area contributed by atoms with Gasteiger partial charge in [-0.25, -0.2) is 14.4 Å². The van der Waals surface area contributed by atoms with Crippen molar-refractivity contribution in [3.63, 3.8) is 0 Å². The normalized spacial score (nSPS) is 10.9. The monoisotopic (exact) mass is 377 g/mol. The summed E-state index contributed by atoms with van der Waals surface area (Å²) < 4.78 is 16.0. The summed E-state index contributed by atoms with van der Waals surface area (Å²) in [5.41, 5.74) is 2.82. The maximum absolute atomic E-state index is 14.4. The second-order valence-electron chi connectivity index (χ2n) is 6.35. The number of imidazole rings is 1. The Labute approximate surface area is 159 Å². The molecule has 0 amide bonds. The number of benzene rings is 2. The van der Waals surface area contributed by atoms with Gasteiger partial charge in [0.1, 0.15) is 5.82 Å². The number of fused-ring (bicyclic) bond motifs is 1. The van der Waals surface area contributed by atoms with Crippen LogP contribution in [0.3, 0.4) is 0 Å². The second-order valence-corrected chi connectivity index (χ2v) is 6.35. The molecular formula is C20H16FN5O2. The van der Waals surface area contributed by atoms with E-state index in [1.54, 1.807) is 42.1 Å². The summed E-state index contributed by atoms with van der Waals surface area (Å²) in [6.45, 7) is 2.14. The van der Waals surface area contributed by atoms with Crippen LogP contribution in [0, 0.1) is 22.9 Å². The van der Waals surface area contributed by atoms with Crippen molar-refractivity contribution in [3.8, 4) is 5.69 Å². The molecule has 0 spiro atoms. The highest BCUT2D eigenvalue weighted by Gasteiger charge is 2.15. The SMILES string of the molecule is Cc1cc(NCc2ccc(-n3ccnc3)c(F)c2)c2cccc([N+](=O)[O-])c2n1. The molecule has 140 valence electrons. The lowest BCUT2D eigenvalue weighted by Gasteiger charge is -2.12. The quantitative estimate of drug-likeness (QED) is 0.412. The number of nitro groups is 1. The third kappa shape index (κ3) is 3.27. The van der Waals surface area contributed by atoms with Gasteiger partial charge in [-0.1, -0.05) is 18.2 Å². The molecule has 2 aromatic carbocycles. The van der Waals surface area contributed by atoms with E-state index in [4.69, 9.17) is 0 Å². The maximum atomic E-state index is 14.4. The molecule has 2 heterocycles. The van der Waals surface area contributed by atoms with Crippen molar-refractivity contribution < 1.29 is 9.31 Å². The molecule has 0 unspecified atom stereocenters. The molecular weight excluding hydrogens is 361 g/mol. The van der Waals surface area contributed by atoms with E-state index in [1.807, 2.05) is 12.1 Å². The fraction of sp³-hybridized carbons (Fsp3) is 0.100. The molecule has 7 nitrogen and oxygen atoms in total. The van der Waals surface area contributed by atoms with E-state index in [0.29, 0.717) is 34.5 Å². The van der Waals surface area contributed by atoms with Gasteiger partial charge >= 0.3 is 0 Å². The van der Waals surface area contributed by atoms with E-state index in [9.17, 15) is 14.5 Å². The molecule has 4 aromatic rings. The molecule has 4 rings (SSSR count). The number of para-hydroxylation sites is 1. The van der Waals surface area contributed by atoms with Crippen LogP contribution >= 0.6 is 0 Å². The van der Waals surface area contributed by atoms with Crippen LogP contribution in [-0.2, 0) is 6.54 Å². The Morgan fingerprint density at radius 2 is 2.11 bits per heavy atom. The number of halogens is 1. The third-order valence-electron chi connectivity index (χ3n) is 4.42. The molecule has 0 saturated carbocycles. The summed E-state index contributed by atoms with van der Waals surface area (Å²) in [4.78, 5) is 19.1. The molecule has 1 N–H and O–H groups in total. The first-order valence-electron chi connectivity index (χ1n) is 8.58. The van der Waals surface area contributed by atoms with Crippen LogP contribution in [0.15, 0.2) is 61.2 Å². The Balaban J connectivity index is 1.63. The van der Waals surface area contributed by atoms with Crippen molar-refractivity contribution in [2.75, 3.05) is 5.32 Å². The van der Waals surface area contributed by atoms with Crippen molar-refractivity contribution in [2.45, 2.75) is 13.5 Å². The lowest BCUT2D eigenvalue weighted by molar-refractivity contribution is -0.383. The first-order valence-corrected chi connectivity index (χ1v) is 8.58. The van der Waals surface area contributed by atoms with Gasteiger partial charge in [-0.15, -0.1) is 0 Å². The van der Waals surface area contributed by atoms with Crippen molar-refractivity contribution in [2.24, 2.45) is 0 Å². The first-order chi connectivity index (χ1) is 13.5. The maximum Gasteiger partial charge on any atom is 0.295 e. The van der Waals surface area contributed by atoms with Crippen LogP contribution in [0.1, 0.15) is 11.3 Å². The van der Waals surface area contributed by atoms with Crippen molar-refractivity contribution in [1.29, 1.82) is 0 Å². The predicted molar refractivity (Wildman–Crippen MR) is 104 cm³/mol. The zero-order valence-corrected chi connectivity index (χ0v) is 15.0. The minimum absolute atomic E-state index is 0.0417. The summed E-state index contributed by atoms with van der Waals surface area (Å²) in [6, 6.07) is 11.6. The highest BCUT2D eigenvalue weighted by Crippen LogP contribution is 2.30. The van der Waals surface area contributed by atoms with Gasteiger partial charge in [0.15, 0.2) is 5.52 Å². The lowest BCUT2D eigenvalue weighted by Crippen LogP contribution is -2.04.